The molecule has 23 heavy (non-hydrogen) atoms. The second kappa shape index (κ2) is 6.84. The van der Waals surface area contributed by atoms with Gasteiger partial charge in [0.2, 0.25) is 0 Å². The first kappa shape index (κ1) is 15.6. The molecular weight excluding hydrogens is 288 g/mol. The van der Waals surface area contributed by atoms with Gasteiger partial charge in [-0.3, -0.25) is 4.79 Å². The lowest BCUT2D eigenvalue weighted by Gasteiger charge is -2.40. The minimum Gasteiger partial charge on any atom is -0.489 e. The highest BCUT2D eigenvalue weighted by atomic mass is 16.5. The number of ketones is 1. The Balaban J connectivity index is 1.98. The summed E-state index contributed by atoms with van der Waals surface area (Å²) in [6, 6.07) is 11.5. The molecule has 0 spiro atoms. The monoisotopic (exact) mass is 308 g/mol. The number of fused-ring (bicyclic) bond motifs is 1. The minimum atomic E-state index is -0.604. The largest absolute Gasteiger partial charge is 0.489 e. The van der Waals surface area contributed by atoms with Gasteiger partial charge < -0.3 is 4.74 Å². The molecule has 0 amide bonds. The Kier molecular flexibility index (Phi) is 4.63. The second-order valence-electron chi connectivity index (χ2n) is 6.46. The SMILES string of the molecule is N#CCC(C#N)C1C(=O)c2ccccc2OC1C1CCCCC1. The predicted molar refractivity (Wildman–Crippen MR) is 84.6 cm³/mol. The highest BCUT2D eigenvalue weighted by Gasteiger charge is 2.45. The first-order valence-corrected chi connectivity index (χ1v) is 8.32. The molecule has 3 atom stereocenters. The molecule has 4 nitrogen and oxygen atoms in total. The molecule has 1 heterocycles. The standard InChI is InChI=1S/C19H20N2O2/c20-11-10-14(12-21)17-18(22)15-8-4-5-9-16(15)23-19(17)13-6-2-1-3-7-13/h4-5,8-9,13-14,17,19H,1-3,6-7,10H2. The number of nitrogens with zero attached hydrogens (tertiary/aromatic N) is 2. The van der Waals surface area contributed by atoms with Crippen molar-refractivity contribution < 1.29 is 9.53 Å². The molecule has 1 aliphatic heterocycles. The Morgan fingerprint density at radius 3 is 2.61 bits per heavy atom. The Bertz CT molecular complexity index is 665. The number of hydrogen-bond donors (Lipinski definition) is 0. The molecule has 118 valence electrons. The van der Waals surface area contributed by atoms with Crippen molar-refractivity contribution in [1.29, 1.82) is 10.5 Å². The van der Waals surface area contributed by atoms with Crippen molar-refractivity contribution in [2.45, 2.75) is 44.6 Å². The number of ether oxygens (including phenoxy) is 1. The molecule has 1 aliphatic carbocycles. The average Bonchev–Trinajstić information content (AvgIpc) is 2.61. The van der Waals surface area contributed by atoms with Gasteiger partial charge in [-0.05, 0) is 30.9 Å². The summed E-state index contributed by atoms with van der Waals surface area (Å²) >= 11 is 0. The normalized spacial score (nSPS) is 25.6. The van der Waals surface area contributed by atoms with Crippen LogP contribution in [0.5, 0.6) is 5.75 Å². The number of Topliss-reactive ketones (excluding diaryl/α,β-unsaturated/α-hetero) is 1. The highest BCUT2D eigenvalue weighted by Crippen LogP contribution is 2.41. The summed E-state index contributed by atoms with van der Waals surface area (Å²) in [6.07, 6.45) is 5.35. The van der Waals surface area contributed by atoms with Gasteiger partial charge in [-0.1, -0.05) is 31.4 Å². The summed E-state index contributed by atoms with van der Waals surface area (Å²) < 4.78 is 6.20. The summed E-state index contributed by atoms with van der Waals surface area (Å²) in [6.45, 7) is 0. The molecule has 1 aromatic carbocycles. The zero-order valence-electron chi connectivity index (χ0n) is 13.1. The van der Waals surface area contributed by atoms with E-state index in [1.165, 1.54) is 6.42 Å². The van der Waals surface area contributed by atoms with Crippen LogP contribution in [0.15, 0.2) is 24.3 Å². The van der Waals surface area contributed by atoms with Crippen molar-refractivity contribution in [3.63, 3.8) is 0 Å². The third-order valence-corrected chi connectivity index (χ3v) is 5.10. The number of carbonyl (C=O) groups is 1. The third kappa shape index (κ3) is 2.94. The van der Waals surface area contributed by atoms with E-state index < -0.39 is 11.8 Å². The number of para-hydroxylation sites is 1. The highest BCUT2D eigenvalue weighted by molar-refractivity contribution is 6.02. The van der Waals surface area contributed by atoms with Crippen LogP contribution < -0.4 is 4.74 Å². The Morgan fingerprint density at radius 1 is 1.17 bits per heavy atom. The van der Waals surface area contributed by atoms with Gasteiger partial charge in [-0.25, -0.2) is 0 Å². The zero-order chi connectivity index (χ0) is 16.2. The fourth-order valence-corrected chi connectivity index (χ4v) is 3.94. The van der Waals surface area contributed by atoms with Crippen LogP contribution in [0, 0.1) is 40.4 Å². The van der Waals surface area contributed by atoms with E-state index in [1.807, 2.05) is 18.2 Å². The van der Waals surface area contributed by atoms with Crippen LogP contribution in [0.2, 0.25) is 0 Å². The lowest BCUT2D eigenvalue weighted by atomic mass is 9.71. The molecule has 2 aliphatic rings. The second-order valence-corrected chi connectivity index (χ2v) is 6.46. The maximum Gasteiger partial charge on any atom is 0.174 e. The molecule has 3 unspecified atom stereocenters. The Labute approximate surface area is 136 Å². The molecular formula is C19H20N2O2. The van der Waals surface area contributed by atoms with E-state index in [1.54, 1.807) is 6.07 Å². The molecule has 1 aromatic rings. The number of hydrogen-bond acceptors (Lipinski definition) is 4. The minimum absolute atomic E-state index is 0.0378. The molecule has 0 bridgehead atoms. The van der Waals surface area contributed by atoms with Gasteiger partial charge in [0.25, 0.3) is 0 Å². The topological polar surface area (TPSA) is 73.9 Å². The average molecular weight is 308 g/mol. The predicted octanol–water partition coefficient (Wildman–Crippen LogP) is 3.88. The van der Waals surface area contributed by atoms with Gasteiger partial charge in [0.05, 0.1) is 36.0 Å². The molecule has 1 saturated carbocycles. The van der Waals surface area contributed by atoms with Crippen molar-refractivity contribution in [3.05, 3.63) is 29.8 Å². The molecule has 0 radical (unpaired) electrons. The van der Waals surface area contributed by atoms with Crippen LogP contribution in [0.3, 0.4) is 0 Å². The molecule has 4 heteroatoms. The van der Waals surface area contributed by atoms with E-state index in [-0.39, 0.29) is 18.3 Å². The van der Waals surface area contributed by atoms with E-state index in [0.717, 1.165) is 25.7 Å². The van der Waals surface area contributed by atoms with Gasteiger partial charge in [-0.15, -0.1) is 0 Å². The Hall–Kier alpha value is -2.33. The van der Waals surface area contributed by atoms with Crippen molar-refractivity contribution in [3.8, 4) is 17.9 Å². The fraction of sp³-hybridized carbons (Fsp3) is 0.526. The maximum absolute atomic E-state index is 13.0. The lowest BCUT2D eigenvalue weighted by molar-refractivity contribution is 0.0250. The van der Waals surface area contributed by atoms with Crippen LogP contribution in [-0.2, 0) is 0 Å². The van der Waals surface area contributed by atoms with E-state index >= 15 is 0 Å². The lowest BCUT2D eigenvalue weighted by Crippen LogP contribution is -2.46. The smallest absolute Gasteiger partial charge is 0.174 e. The fourth-order valence-electron chi connectivity index (χ4n) is 3.94. The summed E-state index contributed by atoms with van der Waals surface area (Å²) in [5.41, 5.74) is 0.544. The van der Waals surface area contributed by atoms with E-state index in [0.29, 0.717) is 17.2 Å². The molecule has 0 saturated heterocycles. The van der Waals surface area contributed by atoms with Crippen LogP contribution in [0.1, 0.15) is 48.9 Å². The molecule has 0 N–H and O–H groups in total. The van der Waals surface area contributed by atoms with Gasteiger partial charge in [-0.2, -0.15) is 10.5 Å². The van der Waals surface area contributed by atoms with Crippen LogP contribution in [0.4, 0.5) is 0 Å². The quantitative estimate of drug-likeness (QED) is 0.849. The first-order chi connectivity index (χ1) is 11.3. The number of rotatable bonds is 3. The number of carbonyl (C=O) groups excluding carboxylic acids is 1. The van der Waals surface area contributed by atoms with Gasteiger partial charge in [0, 0.05) is 0 Å². The van der Waals surface area contributed by atoms with E-state index in [2.05, 4.69) is 12.1 Å². The summed E-state index contributed by atoms with van der Waals surface area (Å²) in [5.74, 6) is -0.256. The van der Waals surface area contributed by atoms with Crippen LogP contribution in [-0.4, -0.2) is 11.9 Å². The van der Waals surface area contributed by atoms with Gasteiger partial charge >= 0.3 is 0 Å². The zero-order valence-corrected chi connectivity index (χ0v) is 13.1. The summed E-state index contributed by atoms with van der Waals surface area (Å²) in [5, 5.41) is 18.5. The third-order valence-electron chi connectivity index (χ3n) is 5.10. The van der Waals surface area contributed by atoms with Crippen LogP contribution >= 0.6 is 0 Å². The van der Waals surface area contributed by atoms with E-state index in [9.17, 15) is 10.1 Å². The van der Waals surface area contributed by atoms with Crippen molar-refractivity contribution in [2.24, 2.45) is 17.8 Å². The van der Waals surface area contributed by atoms with Crippen molar-refractivity contribution in [2.75, 3.05) is 0 Å². The van der Waals surface area contributed by atoms with E-state index in [4.69, 9.17) is 10.00 Å². The first-order valence-electron chi connectivity index (χ1n) is 8.32. The van der Waals surface area contributed by atoms with Crippen LogP contribution in [0.25, 0.3) is 0 Å². The summed E-state index contributed by atoms with van der Waals surface area (Å²) in [7, 11) is 0. The Morgan fingerprint density at radius 2 is 1.91 bits per heavy atom. The summed E-state index contributed by atoms with van der Waals surface area (Å²) in [4.78, 5) is 13.0. The van der Waals surface area contributed by atoms with Gasteiger partial charge in [0.15, 0.2) is 5.78 Å². The maximum atomic E-state index is 13.0. The molecule has 3 rings (SSSR count). The molecule has 0 aromatic heterocycles. The van der Waals surface area contributed by atoms with Crippen molar-refractivity contribution in [1.82, 2.24) is 0 Å². The van der Waals surface area contributed by atoms with Gasteiger partial charge in [0.1, 0.15) is 11.9 Å². The van der Waals surface area contributed by atoms with Crippen molar-refractivity contribution >= 4 is 5.78 Å². The number of benzene rings is 1. The molecule has 1 fully saturated rings. The number of nitriles is 2.